The number of rotatable bonds is 3. The first-order valence-corrected chi connectivity index (χ1v) is 5.35. The molecule has 1 aliphatic carbocycles. The van der Waals surface area contributed by atoms with Crippen LogP contribution in [0.4, 0.5) is 13.2 Å². The lowest BCUT2D eigenvalue weighted by atomic mass is 9.97. The van der Waals surface area contributed by atoms with Crippen LogP contribution in [0.25, 0.3) is 0 Å². The maximum Gasteiger partial charge on any atom is 0.416 e. The van der Waals surface area contributed by atoms with Gasteiger partial charge in [0.2, 0.25) is 5.91 Å². The Kier molecular flexibility index (Phi) is 4.18. The highest BCUT2D eigenvalue weighted by Gasteiger charge is 2.39. The summed E-state index contributed by atoms with van der Waals surface area (Å²) in [4.78, 5) is 11.5. The van der Waals surface area contributed by atoms with E-state index < -0.39 is 18.8 Å². The summed E-state index contributed by atoms with van der Waals surface area (Å²) in [5.41, 5.74) is 0. The zero-order chi connectivity index (χ0) is 12.3. The van der Waals surface area contributed by atoms with E-state index in [1.54, 1.807) is 0 Å². The van der Waals surface area contributed by atoms with Crippen LogP contribution in [0, 0.1) is 11.8 Å². The van der Waals surface area contributed by atoms with Crippen LogP contribution in [-0.2, 0) is 4.79 Å². The molecule has 0 aliphatic heterocycles. The van der Waals surface area contributed by atoms with E-state index in [0.29, 0.717) is 0 Å². The van der Waals surface area contributed by atoms with Crippen molar-refractivity contribution < 1.29 is 23.1 Å². The van der Waals surface area contributed by atoms with Gasteiger partial charge in [-0.1, -0.05) is 13.3 Å². The number of carbonyl (C=O) groups is 1. The lowest BCUT2D eigenvalue weighted by Gasteiger charge is -2.18. The van der Waals surface area contributed by atoms with Gasteiger partial charge in [0.05, 0.1) is 6.54 Å². The van der Waals surface area contributed by atoms with Crippen molar-refractivity contribution >= 4 is 5.91 Å². The molecule has 6 heteroatoms. The standard InChI is InChI=1S/C10H16F3NO2/c1-6-3-2-4-7(6)9(16)14-5-8(15)10(11,12)13/h6-8,15H,2-5H2,1H3,(H,14,16). The first kappa shape index (κ1) is 13.3. The molecule has 94 valence electrons. The van der Waals surface area contributed by atoms with Crippen molar-refractivity contribution in [1.29, 1.82) is 0 Å². The van der Waals surface area contributed by atoms with Crippen LogP contribution in [-0.4, -0.2) is 29.8 Å². The molecule has 0 aromatic rings. The number of hydrogen-bond donors (Lipinski definition) is 2. The number of alkyl halides is 3. The number of aliphatic hydroxyl groups excluding tert-OH is 1. The number of nitrogens with one attached hydrogen (secondary N) is 1. The zero-order valence-electron chi connectivity index (χ0n) is 9.05. The molecule has 0 bridgehead atoms. The summed E-state index contributed by atoms with van der Waals surface area (Å²) in [6, 6.07) is 0. The summed E-state index contributed by atoms with van der Waals surface area (Å²) in [5, 5.41) is 10.9. The molecule has 1 aliphatic rings. The first-order chi connectivity index (χ1) is 7.32. The predicted molar refractivity (Wildman–Crippen MR) is 51.6 cm³/mol. The first-order valence-electron chi connectivity index (χ1n) is 5.35. The Morgan fingerprint density at radius 2 is 2.12 bits per heavy atom. The molecule has 3 nitrogen and oxygen atoms in total. The van der Waals surface area contributed by atoms with Gasteiger partial charge in [0.15, 0.2) is 6.10 Å². The largest absolute Gasteiger partial charge is 0.416 e. The molecule has 1 amide bonds. The molecular formula is C10H16F3NO2. The third-order valence-electron chi connectivity index (χ3n) is 3.05. The molecule has 1 fully saturated rings. The van der Waals surface area contributed by atoms with Gasteiger partial charge in [-0.05, 0) is 18.8 Å². The van der Waals surface area contributed by atoms with Gasteiger partial charge in [-0.25, -0.2) is 0 Å². The topological polar surface area (TPSA) is 49.3 Å². The van der Waals surface area contributed by atoms with E-state index in [9.17, 15) is 18.0 Å². The van der Waals surface area contributed by atoms with E-state index in [-0.39, 0.29) is 17.7 Å². The van der Waals surface area contributed by atoms with Gasteiger partial charge in [-0.3, -0.25) is 4.79 Å². The molecular weight excluding hydrogens is 223 g/mol. The molecule has 1 rings (SSSR count). The second-order valence-corrected chi connectivity index (χ2v) is 4.32. The maximum absolute atomic E-state index is 12.0. The third-order valence-corrected chi connectivity index (χ3v) is 3.05. The van der Waals surface area contributed by atoms with Crippen molar-refractivity contribution in [1.82, 2.24) is 5.32 Å². The number of amides is 1. The fourth-order valence-corrected chi connectivity index (χ4v) is 1.98. The number of halogens is 3. The lowest BCUT2D eigenvalue weighted by Crippen LogP contribution is -2.43. The van der Waals surface area contributed by atoms with Crippen molar-refractivity contribution in [2.24, 2.45) is 11.8 Å². The Bertz CT molecular complexity index is 255. The highest BCUT2D eigenvalue weighted by molar-refractivity contribution is 5.79. The number of carbonyl (C=O) groups excluding carboxylic acids is 1. The molecule has 16 heavy (non-hydrogen) atoms. The van der Waals surface area contributed by atoms with E-state index in [4.69, 9.17) is 5.11 Å². The van der Waals surface area contributed by atoms with Crippen molar-refractivity contribution in [3.8, 4) is 0 Å². The Labute approximate surface area is 92.0 Å². The molecule has 0 saturated heterocycles. The fraction of sp³-hybridized carbons (Fsp3) is 0.900. The van der Waals surface area contributed by atoms with Crippen molar-refractivity contribution in [3.05, 3.63) is 0 Å². The van der Waals surface area contributed by atoms with Crippen molar-refractivity contribution in [2.75, 3.05) is 6.54 Å². The minimum absolute atomic E-state index is 0.208. The second kappa shape index (κ2) is 5.03. The van der Waals surface area contributed by atoms with Gasteiger partial charge in [0, 0.05) is 5.92 Å². The molecule has 0 aromatic heterocycles. The van der Waals surface area contributed by atoms with Crippen LogP contribution < -0.4 is 5.32 Å². The normalized spacial score (nSPS) is 27.8. The molecule has 2 N–H and O–H groups in total. The molecule has 0 heterocycles. The van der Waals surface area contributed by atoms with Crippen molar-refractivity contribution in [2.45, 2.75) is 38.5 Å². The van der Waals surface area contributed by atoms with Crippen LogP contribution >= 0.6 is 0 Å². The maximum atomic E-state index is 12.0. The molecule has 3 unspecified atom stereocenters. The van der Waals surface area contributed by atoms with Gasteiger partial charge >= 0.3 is 6.18 Å². The molecule has 3 atom stereocenters. The van der Waals surface area contributed by atoms with E-state index in [1.165, 1.54) is 0 Å². The summed E-state index contributed by atoms with van der Waals surface area (Å²) in [7, 11) is 0. The van der Waals surface area contributed by atoms with Crippen LogP contribution in [0.2, 0.25) is 0 Å². The third kappa shape index (κ3) is 3.37. The van der Waals surface area contributed by atoms with Crippen LogP contribution in [0.5, 0.6) is 0 Å². The Morgan fingerprint density at radius 3 is 2.56 bits per heavy atom. The van der Waals surface area contributed by atoms with Crippen LogP contribution in [0.1, 0.15) is 26.2 Å². The average molecular weight is 239 g/mol. The molecule has 1 saturated carbocycles. The predicted octanol–water partition coefficient (Wildman–Crippen LogP) is 1.46. The van der Waals surface area contributed by atoms with Crippen molar-refractivity contribution in [3.63, 3.8) is 0 Å². The van der Waals surface area contributed by atoms with Crippen LogP contribution in [0.3, 0.4) is 0 Å². The summed E-state index contributed by atoms with van der Waals surface area (Å²) >= 11 is 0. The smallest absolute Gasteiger partial charge is 0.382 e. The summed E-state index contributed by atoms with van der Waals surface area (Å²) in [6.07, 6.45) is -4.57. The zero-order valence-corrected chi connectivity index (χ0v) is 9.05. The number of aliphatic hydroxyl groups is 1. The second-order valence-electron chi connectivity index (χ2n) is 4.32. The van der Waals surface area contributed by atoms with Gasteiger partial charge in [-0.2, -0.15) is 13.2 Å². The summed E-state index contributed by atoms with van der Waals surface area (Å²) in [6.45, 7) is 1.16. The van der Waals surface area contributed by atoms with Gasteiger partial charge in [0.25, 0.3) is 0 Å². The van der Waals surface area contributed by atoms with E-state index in [1.807, 2.05) is 6.92 Å². The highest BCUT2D eigenvalue weighted by Crippen LogP contribution is 2.31. The van der Waals surface area contributed by atoms with E-state index in [0.717, 1.165) is 19.3 Å². The molecule has 0 spiro atoms. The minimum Gasteiger partial charge on any atom is -0.382 e. The molecule has 0 radical (unpaired) electrons. The van der Waals surface area contributed by atoms with Gasteiger partial charge < -0.3 is 10.4 Å². The Balaban J connectivity index is 2.35. The summed E-state index contributed by atoms with van der Waals surface area (Å²) in [5.74, 6) is -0.378. The average Bonchev–Trinajstić information content (AvgIpc) is 2.58. The summed E-state index contributed by atoms with van der Waals surface area (Å²) < 4.78 is 35.9. The van der Waals surface area contributed by atoms with Crippen LogP contribution in [0.15, 0.2) is 0 Å². The highest BCUT2D eigenvalue weighted by atomic mass is 19.4. The quantitative estimate of drug-likeness (QED) is 0.783. The fourth-order valence-electron chi connectivity index (χ4n) is 1.98. The minimum atomic E-state index is -4.67. The lowest BCUT2D eigenvalue weighted by molar-refractivity contribution is -0.202. The van der Waals surface area contributed by atoms with E-state index >= 15 is 0 Å². The SMILES string of the molecule is CC1CCCC1C(=O)NCC(O)C(F)(F)F. The van der Waals surface area contributed by atoms with Gasteiger partial charge in [0.1, 0.15) is 0 Å². The monoisotopic (exact) mass is 239 g/mol. The Morgan fingerprint density at radius 1 is 1.50 bits per heavy atom. The number of hydrogen-bond acceptors (Lipinski definition) is 2. The van der Waals surface area contributed by atoms with E-state index in [2.05, 4.69) is 5.32 Å². The Hall–Kier alpha value is -0.780. The molecule has 0 aromatic carbocycles. The van der Waals surface area contributed by atoms with Gasteiger partial charge in [-0.15, -0.1) is 0 Å².